The summed E-state index contributed by atoms with van der Waals surface area (Å²) in [5.41, 5.74) is 0.766. The molecule has 0 bridgehead atoms. The molecule has 0 aromatic heterocycles. The first-order valence-corrected chi connectivity index (χ1v) is 14.9. The number of aliphatic hydroxyl groups is 1. The third-order valence-electron chi connectivity index (χ3n) is 12.0. The highest BCUT2D eigenvalue weighted by molar-refractivity contribution is 5.11. The van der Waals surface area contributed by atoms with Crippen molar-refractivity contribution in [2.75, 3.05) is 0 Å². The first-order chi connectivity index (χ1) is 15.1. The number of hydrogen-bond donors (Lipinski definition) is 1. The van der Waals surface area contributed by atoms with Crippen molar-refractivity contribution < 1.29 is 5.11 Å². The number of fused-ring (bicyclic) bond motifs is 5. The van der Waals surface area contributed by atoms with Crippen molar-refractivity contribution in [3.63, 3.8) is 0 Å². The van der Waals surface area contributed by atoms with Crippen LogP contribution in [0.25, 0.3) is 0 Å². The second-order valence-corrected chi connectivity index (χ2v) is 14.2. The Morgan fingerprint density at radius 2 is 1.56 bits per heavy atom. The molecule has 4 aliphatic carbocycles. The van der Waals surface area contributed by atoms with Crippen molar-refractivity contribution in [1.82, 2.24) is 0 Å². The molecule has 1 nitrogen and oxygen atoms in total. The van der Waals surface area contributed by atoms with Gasteiger partial charge in [0.05, 0.1) is 5.60 Å². The van der Waals surface area contributed by atoms with Crippen LogP contribution in [-0.2, 0) is 0 Å². The highest BCUT2D eigenvalue weighted by atomic mass is 16.3. The van der Waals surface area contributed by atoms with Gasteiger partial charge in [-0.3, -0.25) is 0 Å². The second kappa shape index (κ2) is 9.54. The summed E-state index contributed by atoms with van der Waals surface area (Å²) in [6, 6.07) is 0. The van der Waals surface area contributed by atoms with Crippen LogP contribution in [-0.4, -0.2) is 10.7 Å². The molecule has 32 heavy (non-hydrogen) atoms. The maximum atomic E-state index is 11.3. The lowest BCUT2D eigenvalue weighted by Crippen LogP contribution is -2.56. The molecule has 0 saturated heterocycles. The summed E-state index contributed by atoms with van der Waals surface area (Å²) in [5, 5.41) is 11.3. The summed E-state index contributed by atoms with van der Waals surface area (Å²) in [4.78, 5) is 0. The molecular weight excluding hydrogens is 388 g/mol. The van der Waals surface area contributed by atoms with Crippen molar-refractivity contribution in [3.8, 4) is 0 Å². The lowest BCUT2D eigenvalue weighted by molar-refractivity contribution is -0.154. The van der Waals surface area contributed by atoms with Crippen molar-refractivity contribution in [2.24, 2.45) is 52.3 Å². The zero-order valence-corrected chi connectivity index (χ0v) is 22.6. The first-order valence-electron chi connectivity index (χ1n) is 14.9. The topological polar surface area (TPSA) is 20.2 Å². The Morgan fingerprint density at radius 1 is 0.812 bits per heavy atom. The number of rotatable bonds is 8. The van der Waals surface area contributed by atoms with E-state index in [9.17, 15) is 5.11 Å². The largest absolute Gasteiger partial charge is 0.390 e. The molecule has 0 aromatic carbocycles. The summed E-state index contributed by atoms with van der Waals surface area (Å²) < 4.78 is 0. The Balaban J connectivity index is 1.43. The van der Waals surface area contributed by atoms with Gasteiger partial charge in [0.25, 0.3) is 0 Å². The molecular formula is C31H56O. The molecule has 1 heteroatoms. The van der Waals surface area contributed by atoms with Crippen LogP contribution in [0.15, 0.2) is 0 Å². The van der Waals surface area contributed by atoms with Gasteiger partial charge < -0.3 is 5.11 Å². The lowest BCUT2D eigenvalue weighted by atomic mass is 9.43. The van der Waals surface area contributed by atoms with Crippen molar-refractivity contribution in [2.45, 2.75) is 143 Å². The smallest absolute Gasteiger partial charge is 0.0650 e. The highest BCUT2D eigenvalue weighted by Gasteiger charge is 2.61. The third-order valence-corrected chi connectivity index (χ3v) is 12.0. The van der Waals surface area contributed by atoms with E-state index in [0.717, 1.165) is 60.7 Å². The molecule has 0 spiro atoms. The zero-order valence-electron chi connectivity index (χ0n) is 22.6. The molecule has 4 saturated carbocycles. The monoisotopic (exact) mass is 444 g/mol. The first kappa shape index (κ1) is 25.1. The lowest BCUT2D eigenvalue weighted by Gasteiger charge is -2.62. The molecule has 0 amide bonds. The molecule has 4 rings (SSSR count). The molecule has 4 aliphatic rings. The Morgan fingerprint density at radius 3 is 2.28 bits per heavy atom. The molecule has 0 heterocycles. The fraction of sp³-hybridized carbons (Fsp3) is 1.00. The van der Waals surface area contributed by atoms with Crippen LogP contribution in [0.3, 0.4) is 0 Å². The van der Waals surface area contributed by atoms with Crippen LogP contribution in [0.2, 0.25) is 0 Å². The van der Waals surface area contributed by atoms with Gasteiger partial charge in [-0.1, -0.05) is 73.6 Å². The Kier molecular flexibility index (Phi) is 7.48. The van der Waals surface area contributed by atoms with Gasteiger partial charge in [-0.2, -0.15) is 0 Å². The standard InChI is InChI=1S/C31H56O/c1-7-8-17-31(32)20-19-29(5)24(21-31)12-13-25-27-15-14-26(23(4)11-9-10-22(2)3)30(27,6)18-16-28(25)29/h22-28,32H,7-21H2,1-6H3/t23?,24-,25?,26?,27?,28?,29-,30+,31+/m0/s1. The summed E-state index contributed by atoms with van der Waals surface area (Å²) in [7, 11) is 0. The van der Waals surface area contributed by atoms with Crippen molar-refractivity contribution in [3.05, 3.63) is 0 Å². The Hall–Kier alpha value is -0.0400. The van der Waals surface area contributed by atoms with E-state index in [1.54, 1.807) is 0 Å². The molecule has 5 unspecified atom stereocenters. The van der Waals surface area contributed by atoms with E-state index in [0.29, 0.717) is 10.8 Å². The van der Waals surface area contributed by atoms with Crippen LogP contribution >= 0.6 is 0 Å². The van der Waals surface area contributed by atoms with Gasteiger partial charge in [-0.15, -0.1) is 0 Å². The summed E-state index contributed by atoms with van der Waals surface area (Å²) in [6.07, 6.45) is 20.1. The van der Waals surface area contributed by atoms with Gasteiger partial charge in [0, 0.05) is 0 Å². The molecule has 0 radical (unpaired) electrons. The van der Waals surface area contributed by atoms with E-state index in [2.05, 4.69) is 41.5 Å². The minimum Gasteiger partial charge on any atom is -0.390 e. The summed E-state index contributed by atoms with van der Waals surface area (Å²) >= 11 is 0. The van der Waals surface area contributed by atoms with E-state index < -0.39 is 0 Å². The molecule has 1 N–H and O–H groups in total. The fourth-order valence-electron chi connectivity index (χ4n) is 10.1. The van der Waals surface area contributed by atoms with Gasteiger partial charge in [-0.25, -0.2) is 0 Å². The van der Waals surface area contributed by atoms with Gasteiger partial charge in [0.2, 0.25) is 0 Å². The van der Waals surface area contributed by atoms with Crippen LogP contribution in [0.5, 0.6) is 0 Å². The number of hydrogen-bond acceptors (Lipinski definition) is 1. The van der Waals surface area contributed by atoms with Crippen LogP contribution in [0, 0.1) is 52.3 Å². The molecule has 4 fully saturated rings. The maximum Gasteiger partial charge on any atom is 0.0650 e. The van der Waals surface area contributed by atoms with E-state index in [-0.39, 0.29) is 5.60 Å². The fourth-order valence-corrected chi connectivity index (χ4v) is 10.1. The van der Waals surface area contributed by atoms with Gasteiger partial charge >= 0.3 is 0 Å². The zero-order chi connectivity index (χ0) is 23.1. The predicted molar refractivity (Wildman–Crippen MR) is 138 cm³/mol. The minimum absolute atomic E-state index is 0.347. The van der Waals surface area contributed by atoms with E-state index in [4.69, 9.17) is 0 Å². The van der Waals surface area contributed by atoms with Crippen molar-refractivity contribution in [1.29, 1.82) is 0 Å². The van der Waals surface area contributed by atoms with Crippen molar-refractivity contribution >= 4 is 0 Å². The molecule has 0 aliphatic heterocycles. The Labute approximate surface area is 200 Å². The quantitative estimate of drug-likeness (QED) is 0.396. The van der Waals surface area contributed by atoms with Gasteiger partial charge in [0.15, 0.2) is 0 Å². The normalized spacial score (nSPS) is 47.1. The average molecular weight is 445 g/mol. The molecule has 9 atom stereocenters. The van der Waals surface area contributed by atoms with Crippen LogP contribution in [0.1, 0.15) is 138 Å². The summed E-state index contributed by atoms with van der Waals surface area (Å²) in [6.45, 7) is 15.0. The SMILES string of the molecule is CCCC[C@@]1(O)CC[C@]2(C)C3CC[C@]4(C)C(C(C)CCCC(C)C)CCC4C3CC[C@H]2C1. The second-order valence-electron chi connectivity index (χ2n) is 14.2. The van der Waals surface area contributed by atoms with E-state index in [1.807, 2.05) is 0 Å². The predicted octanol–water partition coefficient (Wildman–Crippen LogP) is 9.03. The average Bonchev–Trinajstić information content (AvgIpc) is 3.10. The highest BCUT2D eigenvalue weighted by Crippen LogP contribution is 2.69. The molecule has 186 valence electrons. The van der Waals surface area contributed by atoms with E-state index >= 15 is 0 Å². The van der Waals surface area contributed by atoms with Gasteiger partial charge in [-0.05, 0) is 116 Å². The van der Waals surface area contributed by atoms with E-state index in [1.165, 1.54) is 77.0 Å². The van der Waals surface area contributed by atoms with Gasteiger partial charge in [0.1, 0.15) is 0 Å². The molecule has 0 aromatic rings. The maximum absolute atomic E-state index is 11.3. The van der Waals surface area contributed by atoms with Crippen LogP contribution < -0.4 is 0 Å². The Bertz CT molecular complexity index is 626. The number of unbranched alkanes of at least 4 members (excludes halogenated alkanes) is 1. The van der Waals surface area contributed by atoms with Crippen LogP contribution in [0.4, 0.5) is 0 Å². The summed E-state index contributed by atoms with van der Waals surface area (Å²) in [5.74, 6) is 6.41. The minimum atomic E-state index is -0.347. The third kappa shape index (κ3) is 4.47.